The fourth-order valence-corrected chi connectivity index (χ4v) is 7.23. The van der Waals surface area contributed by atoms with Crippen LogP contribution in [0.1, 0.15) is 115 Å². The summed E-state index contributed by atoms with van der Waals surface area (Å²) in [5.74, 6) is 2.96. The minimum Gasteiger partial charge on any atom is -0.491 e. The highest BCUT2D eigenvalue weighted by atomic mass is 19.2. The second-order valence-corrected chi connectivity index (χ2v) is 11.5. The van der Waals surface area contributed by atoms with Crippen molar-refractivity contribution in [3.63, 3.8) is 0 Å². The average Bonchev–Trinajstić information content (AvgIpc) is 2.87. The summed E-state index contributed by atoms with van der Waals surface area (Å²) in [6.07, 6.45) is 23.3. The molecule has 34 heavy (non-hydrogen) atoms. The van der Waals surface area contributed by atoms with Crippen LogP contribution in [-0.4, -0.2) is 6.61 Å². The van der Waals surface area contributed by atoms with E-state index in [4.69, 9.17) is 4.74 Å². The van der Waals surface area contributed by atoms with Crippen LogP contribution < -0.4 is 4.74 Å². The van der Waals surface area contributed by atoms with Crippen molar-refractivity contribution in [3.8, 4) is 5.75 Å². The first-order valence-corrected chi connectivity index (χ1v) is 14.4. The van der Waals surface area contributed by atoms with Crippen LogP contribution >= 0.6 is 0 Å². The van der Waals surface area contributed by atoms with Crippen molar-refractivity contribution in [2.75, 3.05) is 6.61 Å². The zero-order chi connectivity index (χ0) is 23.9. The van der Waals surface area contributed by atoms with Gasteiger partial charge in [-0.3, -0.25) is 0 Å². The molecule has 0 unspecified atom stereocenters. The van der Waals surface area contributed by atoms with Gasteiger partial charge in [0.15, 0.2) is 11.6 Å². The van der Waals surface area contributed by atoms with E-state index in [0.717, 1.165) is 49.4 Å². The molecule has 0 amide bonds. The van der Waals surface area contributed by atoms with Crippen LogP contribution in [0.2, 0.25) is 0 Å². The number of hydrogen-bond donors (Lipinski definition) is 0. The Morgan fingerprint density at radius 2 is 1.29 bits per heavy atom. The maximum atomic E-state index is 14.6. The third-order valence-electron chi connectivity index (χ3n) is 9.32. The molecule has 0 heterocycles. The second-order valence-electron chi connectivity index (χ2n) is 11.5. The Hall–Kier alpha value is -1.38. The molecule has 1 aromatic carbocycles. The maximum Gasteiger partial charge on any atom is 0.200 e. The first-order chi connectivity index (χ1) is 16.6. The second kappa shape index (κ2) is 12.5. The van der Waals surface area contributed by atoms with Crippen LogP contribution in [0.4, 0.5) is 8.78 Å². The van der Waals surface area contributed by atoms with Crippen molar-refractivity contribution >= 4 is 0 Å². The minimum atomic E-state index is -0.828. The predicted molar refractivity (Wildman–Crippen MR) is 137 cm³/mol. The first-order valence-electron chi connectivity index (χ1n) is 14.4. The number of allylic oxidation sites excluding steroid dienone is 2. The number of benzene rings is 1. The van der Waals surface area contributed by atoms with Gasteiger partial charge in [0.05, 0.1) is 6.61 Å². The molecule has 0 aliphatic heterocycles. The van der Waals surface area contributed by atoms with E-state index in [9.17, 15) is 8.78 Å². The molecule has 0 aromatic heterocycles. The van der Waals surface area contributed by atoms with Crippen molar-refractivity contribution in [2.45, 2.75) is 110 Å². The third kappa shape index (κ3) is 6.43. The van der Waals surface area contributed by atoms with E-state index in [0.29, 0.717) is 18.1 Å². The number of ether oxygens (including phenoxy) is 1. The Labute approximate surface area is 206 Å². The Morgan fingerprint density at radius 1 is 0.735 bits per heavy atom. The predicted octanol–water partition coefficient (Wildman–Crippen LogP) is 9.61. The van der Waals surface area contributed by atoms with Gasteiger partial charge in [0.1, 0.15) is 0 Å². The molecule has 1 nitrogen and oxygen atoms in total. The fourth-order valence-electron chi connectivity index (χ4n) is 7.23. The summed E-state index contributed by atoms with van der Waals surface area (Å²) in [5, 5.41) is 0. The summed E-state index contributed by atoms with van der Waals surface area (Å²) in [6.45, 7) is 4.45. The average molecular weight is 473 g/mol. The molecule has 190 valence electrons. The molecule has 0 saturated heterocycles. The highest BCUT2D eigenvalue weighted by Crippen LogP contribution is 2.43. The van der Waals surface area contributed by atoms with Gasteiger partial charge in [-0.1, -0.05) is 50.8 Å². The molecule has 0 radical (unpaired) electrons. The smallest absolute Gasteiger partial charge is 0.200 e. The summed E-state index contributed by atoms with van der Waals surface area (Å²) in [5.41, 5.74) is 0.533. The minimum absolute atomic E-state index is 0.0271. The van der Waals surface area contributed by atoms with Gasteiger partial charge in [-0.05, 0) is 118 Å². The molecule has 0 atom stereocenters. The SMILES string of the molecule is CCCC1CCC(C2CCC(/C=C/C3CCC(c4ccc(OCC)c(F)c4F)CC3)CC2)CC1. The van der Waals surface area contributed by atoms with Crippen LogP contribution in [0.25, 0.3) is 0 Å². The number of rotatable bonds is 8. The molecule has 3 aliphatic carbocycles. The van der Waals surface area contributed by atoms with E-state index in [1.807, 2.05) is 0 Å². The van der Waals surface area contributed by atoms with Crippen molar-refractivity contribution in [2.24, 2.45) is 29.6 Å². The van der Waals surface area contributed by atoms with Crippen LogP contribution in [0.3, 0.4) is 0 Å². The molecule has 0 bridgehead atoms. The zero-order valence-corrected chi connectivity index (χ0v) is 21.5. The molecule has 0 N–H and O–H groups in total. The standard InChI is InChI=1S/C31H46F2O/c1-3-5-22-8-14-25(15-9-22)26-16-10-23(11-17-26)6-7-24-12-18-27(19-13-24)28-20-21-29(34-4-2)31(33)30(28)32/h6-7,20-27H,3-5,8-19H2,1-2H3/b7-6+. The van der Waals surface area contributed by atoms with E-state index < -0.39 is 11.6 Å². The quantitative estimate of drug-likeness (QED) is 0.342. The lowest BCUT2D eigenvalue weighted by molar-refractivity contribution is 0.152. The van der Waals surface area contributed by atoms with Gasteiger partial charge in [0.2, 0.25) is 5.82 Å². The van der Waals surface area contributed by atoms with E-state index in [2.05, 4.69) is 19.1 Å². The van der Waals surface area contributed by atoms with Crippen molar-refractivity contribution in [1.82, 2.24) is 0 Å². The lowest BCUT2D eigenvalue weighted by Gasteiger charge is -2.37. The molecular formula is C31H46F2O. The van der Waals surface area contributed by atoms with Gasteiger partial charge in [-0.15, -0.1) is 0 Å². The van der Waals surface area contributed by atoms with Gasteiger partial charge in [-0.2, -0.15) is 4.39 Å². The highest BCUT2D eigenvalue weighted by molar-refractivity contribution is 5.33. The van der Waals surface area contributed by atoms with E-state index in [-0.39, 0.29) is 11.7 Å². The number of halogens is 2. The summed E-state index contributed by atoms with van der Waals surface area (Å²) in [7, 11) is 0. The molecule has 3 saturated carbocycles. The van der Waals surface area contributed by atoms with Gasteiger partial charge in [0.25, 0.3) is 0 Å². The molecular weight excluding hydrogens is 426 g/mol. The molecule has 4 rings (SSSR count). The topological polar surface area (TPSA) is 9.23 Å². The van der Waals surface area contributed by atoms with Gasteiger partial charge in [-0.25, -0.2) is 4.39 Å². The zero-order valence-electron chi connectivity index (χ0n) is 21.5. The van der Waals surface area contributed by atoms with Crippen LogP contribution in [0, 0.1) is 41.2 Å². The number of hydrogen-bond acceptors (Lipinski definition) is 1. The fraction of sp³-hybridized carbons (Fsp3) is 0.742. The summed E-state index contributed by atoms with van der Waals surface area (Å²) >= 11 is 0. The van der Waals surface area contributed by atoms with Gasteiger partial charge < -0.3 is 4.74 Å². The molecule has 0 spiro atoms. The Balaban J connectivity index is 1.19. The van der Waals surface area contributed by atoms with E-state index in [1.165, 1.54) is 64.2 Å². The molecule has 1 aromatic rings. The van der Waals surface area contributed by atoms with Gasteiger partial charge >= 0.3 is 0 Å². The molecule has 3 aliphatic rings. The summed E-state index contributed by atoms with van der Waals surface area (Å²) < 4.78 is 34.1. The van der Waals surface area contributed by atoms with Crippen LogP contribution in [0.5, 0.6) is 5.75 Å². The maximum absolute atomic E-state index is 14.6. The Bertz CT molecular complexity index is 779. The third-order valence-corrected chi connectivity index (χ3v) is 9.32. The van der Waals surface area contributed by atoms with Crippen molar-refractivity contribution < 1.29 is 13.5 Å². The van der Waals surface area contributed by atoms with E-state index in [1.54, 1.807) is 19.1 Å². The Morgan fingerprint density at radius 3 is 1.85 bits per heavy atom. The van der Waals surface area contributed by atoms with Crippen LogP contribution in [0.15, 0.2) is 24.3 Å². The highest BCUT2D eigenvalue weighted by Gasteiger charge is 2.30. The van der Waals surface area contributed by atoms with E-state index >= 15 is 0 Å². The van der Waals surface area contributed by atoms with Crippen molar-refractivity contribution in [1.29, 1.82) is 0 Å². The normalized spacial score (nSPS) is 32.7. The summed E-state index contributed by atoms with van der Waals surface area (Å²) in [6, 6.07) is 3.33. The lowest BCUT2D eigenvalue weighted by atomic mass is 9.68. The molecule has 3 heteroatoms. The molecule has 3 fully saturated rings. The van der Waals surface area contributed by atoms with Crippen LogP contribution in [-0.2, 0) is 0 Å². The largest absolute Gasteiger partial charge is 0.491 e. The van der Waals surface area contributed by atoms with Gasteiger partial charge in [0, 0.05) is 0 Å². The summed E-state index contributed by atoms with van der Waals surface area (Å²) in [4.78, 5) is 0. The van der Waals surface area contributed by atoms with Crippen molar-refractivity contribution in [3.05, 3.63) is 41.5 Å². The lowest BCUT2D eigenvalue weighted by Crippen LogP contribution is -2.25. The first kappa shape index (κ1) is 25.7. The Kier molecular flexibility index (Phi) is 9.48. The monoisotopic (exact) mass is 472 g/mol.